The number of piperidine rings is 1. The van der Waals surface area contributed by atoms with Crippen LogP contribution in [0.3, 0.4) is 0 Å². The molecule has 1 aromatic carbocycles. The number of hydrogen-bond donors (Lipinski definition) is 0. The van der Waals surface area contributed by atoms with Crippen molar-refractivity contribution in [1.82, 2.24) is 4.90 Å². The number of benzene rings is 1. The number of carbonyl (C=O) groups is 1. The van der Waals surface area contributed by atoms with Gasteiger partial charge in [-0.1, -0.05) is 19.9 Å². The minimum atomic E-state index is 0.267. The topological polar surface area (TPSA) is 20.3 Å². The van der Waals surface area contributed by atoms with Crippen molar-refractivity contribution in [2.24, 2.45) is 11.8 Å². The highest BCUT2D eigenvalue weighted by molar-refractivity contribution is 5.99. The van der Waals surface area contributed by atoms with Gasteiger partial charge in [0.2, 0.25) is 0 Å². The number of Topliss-reactive ketones (excluding diaryl/α,β-unsaturated/α-hetero) is 1. The highest BCUT2D eigenvalue weighted by Gasteiger charge is 2.30. The van der Waals surface area contributed by atoms with E-state index in [9.17, 15) is 4.79 Å². The molecule has 0 aromatic heterocycles. The Balaban J connectivity index is 2.16. The van der Waals surface area contributed by atoms with E-state index < -0.39 is 0 Å². The number of rotatable bonds is 3. The summed E-state index contributed by atoms with van der Waals surface area (Å²) < 4.78 is 0. The predicted octanol–water partition coefficient (Wildman–Crippen LogP) is 4.16. The average molecular weight is 287 g/mol. The predicted molar refractivity (Wildman–Crippen MR) is 89.0 cm³/mol. The smallest absolute Gasteiger partial charge is 0.177 e. The maximum atomic E-state index is 12.7. The maximum absolute atomic E-state index is 12.7. The minimum absolute atomic E-state index is 0.267. The Labute approximate surface area is 129 Å². The van der Waals surface area contributed by atoms with E-state index in [-0.39, 0.29) is 5.78 Å². The van der Waals surface area contributed by atoms with Gasteiger partial charge in [-0.05, 0) is 68.7 Å². The molecule has 2 heteroatoms. The van der Waals surface area contributed by atoms with Gasteiger partial charge in [0.05, 0.1) is 6.54 Å². The van der Waals surface area contributed by atoms with Gasteiger partial charge in [0.1, 0.15) is 0 Å². The van der Waals surface area contributed by atoms with Crippen LogP contribution in [0.4, 0.5) is 0 Å². The number of aryl methyl sites for hydroxylation is 3. The number of likely N-dealkylation sites (tertiary alicyclic amines) is 1. The first-order valence-corrected chi connectivity index (χ1v) is 8.14. The molecule has 3 unspecified atom stereocenters. The molecule has 0 bridgehead atoms. The van der Waals surface area contributed by atoms with Crippen molar-refractivity contribution in [3.63, 3.8) is 0 Å². The highest BCUT2D eigenvalue weighted by atomic mass is 16.1. The third kappa shape index (κ3) is 3.55. The zero-order valence-corrected chi connectivity index (χ0v) is 14.4. The van der Waals surface area contributed by atoms with Gasteiger partial charge in [0, 0.05) is 18.2 Å². The average Bonchev–Trinajstić information content (AvgIpc) is 2.39. The van der Waals surface area contributed by atoms with Gasteiger partial charge in [-0.3, -0.25) is 9.69 Å². The van der Waals surface area contributed by atoms with Crippen molar-refractivity contribution in [3.05, 3.63) is 34.4 Å². The summed E-state index contributed by atoms with van der Waals surface area (Å²) in [4.78, 5) is 15.1. The molecule has 0 saturated carbocycles. The van der Waals surface area contributed by atoms with Crippen molar-refractivity contribution in [2.45, 2.75) is 54.0 Å². The molecule has 0 aliphatic carbocycles. The Kier molecular flexibility index (Phi) is 4.88. The Morgan fingerprint density at radius 3 is 2.38 bits per heavy atom. The normalized spacial score (nSPS) is 26.9. The van der Waals surface area contributed by atoms with E-state index in [0.717, 1.165) is 17.7 Å². The molecular weight excluding hydrogens is 258 g/mol. The van der Waals surface area contributed by atoms with E-state index in [2.05, 4.69) is 51.7 Å². The quantitative estimate of drug-likeness (QED) is 0.778. The second-order valence-electron chi connectivity index (χ2n) is 7.16. The second kappa shape index (κ2) is 6.31. The minimum Gasteiger partial charge on any atom is -0.293 e. The van der Waals surface area contributed by atoms with Crippen LogP contribution < -0.4 is 0 Å². The fourth-order valence-corrected chi connectivity index (χ4v) is 3.57. The highest BCUT2D eigenvalue weighted by Crippen LogP contribution is 2.27. The second-order valence-corrected chi connectivity index (χ2v) is 7.16. The van der Waals surface area contributed by atoms with E-state index in [1.165, 1.54) is 17.5 Å². The molecule has 2 nitrogen and oxygen atoms in total. The lowest BCUT2D eigenvalue weighted by molar-refractivity contribution is 0.0649. The third-order valence-electron chi connectivity index (χ3n) is 5.21. The van der Waals surface area contributed by atoms with Crippen LogP contribution in [0.1, 0.15) is 54.2 Å². The van der Waals surface area contributed by atoms with Crippen molar-refractivity contribution in [2.75, 3.05) is 13.1 Å². The standard InChI is InChI=1S/C19H29NO/c1-12-7-15(4)17(6)20(10-12)11-19(21)18-9-14(3)13(2)8-16(18)5/h8-9,12,15,17H,7,10-11H2,1-6H3. The molecular formula is C19H29NO. The molecule has 1 saturated heterocycles. The van der Waals surface area contributed by atoms with Crippen LogP contribution in [-0.4, -0.2) is 29.8 Å². The van der Waals surface area contributed by atoms with Gasteiger partial charge in [-0.2, -0.15) is 0 Å². The van der Waals surface area contributed by atoms with Crippen LogP contribution in [0.2, 0.25) is 0 Å². The van der Waals surface area contributed by atoms with Crippen molar-refractivity contribution >= 4 is 5.78 Å². The molecule has 2 rings (SSSR count). The first-order valence-electron chi connectivity index (χ1n) is 8.14. The van der Waals surface area contributed by atoms with Crippen LogP contribution in [0.15, 0.2) is 12.1 Å². The van der Waals surface area contributed by atoms with Crippen LogP contribution in [0.5, 0.6) is 0 Å². The zero-order chi connectivity index (χ0) is 15.7. The summed E-state index contributed by atoms with van der Waals surface area (Å²) in [5.74, 6) is 1.62. The fourth-order valence-electron chi connectivity index (χ4n) is 3.57. The van der Waals surface area contributed by atoms with E-state index >= 15 is 0 Å². The molecule has 1 aliphatic heterocycles. The Morgan fingerprint density at radius 2 is 1.71 bits per heavy atom. The molecule has 0 spiro atoms. The van der Waals surface area contributed by atoms with Crippen LogP contribution in [0.25, 0.3) is 0 Å². The van der Waals surface area contributed by atoms with E-state index in [1.807, 2.05) is 6.92 Å². The SMILES string of the molecule is Cc1cc(C)c(C(=O)CN2CC(C)CC(C)C2C)cc1C. The molecule has 0 N–H and O–H groups in total. The number of carbonyl (C=O) groups excluding carboxylic acids is 1. The largest absolute Gasteiger partial charge is 0.293 e. The van der Waals surface area contributed by atoms with Gasteiger partial charge >= 0.3 is 0 Å². The maximum Gasteiger partial charge on any atom is 0.177 e. The Hall–Kier alpha value is -1.15. The van der Waals surface area contributed by atoms with E-state index in [1.54, 1.807) is 0 Å². The third-order valence-corrected chi connectivity index (χ3v) is 5.21. The van der Waals surface area contributed by atoms with Crippen LogP contribution in [-0.2, 0) is 0 Å². The lowest BCUT2D eigenvalue weighted by atomic mass is 9.85. The van der Waals surface area contributed by atoms with Gasteiger partial charge in [-0.25, -0.2) is 0 Å². The molecule has 1 heterocycles. The number of nitrogens with zero attached hydrogens (tertiary/aromatic N) is 1. The molecule has 1 aromatic rings. The van der Waals surface area contributed by atoms with E-state index in [4.69, 9.17) is 0 Å². The molecule has 21 heavy (non-hydrogen) atoms. The molecule has 0 radical (unpaired) electrons. The van der Waals surface area contributed by atoms with Crippen molar-refractivity contribution in [1.29, 1.82) is 0 Å². The summed E-state index contributed by atoms with van der Waals surface area (Å²) in [5, 5.41) is 0. The fraction of sp³-hybridized carbons (Fsp3) is 0.632. The summed E-state index contributed by atoms with van der Waals surface area (Å²) in [5.41, 5.74) is 4.47. The summed E-state index contributed by atoms with van der Waals surface area (Å²) in [6.45, 7) is 14.7. The first kappa shape index (κ1) is 16.2. The zero-order valence-electron chi connectivity index (χ0n) is 14.4. The lowest BCUT2D eigenvalue weighted by Crippen LogP contribution is -2.47. The summed E-state index contributed by atoms with van der Waals surface area (Å²) in [6, 6.07) is 4.69. The van der Waals surface area contributed by atoms with Gasteiger partial charge < -0.3 is 0 Å². The summed E-state index contributed by atoms with van der Waals surface area (Å²) >= 11 is 0. The van der Waals surface area contributed by atoms with Crippen LogP contribution in [0, 0.1) is 32.6 Å². The van der Waals surface area contributed by atoms with Gasteiger partial charge in [0.15, 0.2) is 5.78 Å². The Morgan fingerprint density at radius 1 is 1.10 bits per heavy atom. The monoisotopic (exact) mass is 287 g/mol. The van der Waals surface area contributed by atoms with Gasteiger partial charge in [0.25, 0.3) is 0 Å². The molecule has 1 fully saturated rings. The summed E-state index contributed by atoms with van der Waals surface area (Å²) in [7, 11) is 0. The van der Waals surface area contributed by atoms with Crippen LogP contribution >= 0.6 is 0 Å². The van der Waals surface area contributed by atoms with Crippen molar-refractivity contribution < 1.29 is 4.79 Å². The molecule has 1 aliphatic rings. The van der Waals surface area contributed by atoms with E-state index in [0.29, 0.717) is 24.4 Å². The van der Waals surface area contributed by atoms with Gasteiger partial charge in [-0.15, -0.1) is 0 Å². The van der Waals surface area contributed by atoms with Crippen molar-refractivity contribution in [3.8, 4) is 0 Å². The first-order chi connectivity index (χ1) is 9.79. The number of hydrogen-bond acceptors (Lipinski definition) is 2. The summed E-state index contributed by atoms with van der Waals surface area (Å²) in [6.07, 6.45) is 1.27. The number of ketones is 1. The lowest BCUT2D eigenvalue weighted by Gasteiger charge is -2.40. The Bertz CT molecular complexity index is 535. The molecule has 0 amide bonds. The molecule has 116 valence electrons. The molecule has 3 atom stereocenters.